The predicted octanol–water partition coefficient (Wildman–Crippen LogP) is 0.434. The summed E-state index contributed by atoms with van der Waals surface area (Å²) >= 11 is 0. The third-order valence-corrected chi connectivity index (χ3v) is 1.90. The average molecular weight is 178 g/mol. The molecule has 3 heteroatoms. The van der Waals surface area contributed by atoms with Crippen molar-refractivity contribution in [2.24, 2.45) is 5.73 Å². The molecular weight excluding hydrogens is 164 g/mol. The molecule has 0 atom stereocenters. The molecule has 0 bridgehead atoms. The number of carbonyl (C=O) groups is 1. The van der Waals surface area contributed by atoms with Crippen LogP contribution in [0.3, 0.4) is 0 Å². The Morgan fingerprint density at radius 3 is 2.31 bits per heavy atom. The highest BCUT2D eigenvalue weighted by atomic mass is 16.1. The van der Waals surface area contributed by atoms with Crippen molar-refractivity contribution in [2.45, 2.75) is 13.0 Å². The van der Waals surface area contributed by atoms with Gasteiger partial charge in [-0.25, -0.2) is 0 Å². The molecule has 1 aromatic rings. The molecule has 13 heavy (non-hydrogen) atoms. The van der Waals surface area contributed by atoms with E-state index in [2.05, 4.69) is 5.32 Å². The monoisotopic (exact) mass is 178 g/mol. The summed E-state index contributed by atoms with van der Waals surface area (Å²) < 4.78 is 0. The Morgan fingerprint density at radius 2 is 1.85 bits per heavy atom. The summed E-state index contributed by atoms with van der Waals surface area (Å²) in [6.45, 7) is 0.542. The van der Waals surface area contributed by atoms with E-state index < -0.39 is 0 Å². The summed E-state index contributed by atoms with van der Waals surface area (Å²) in [5.41, 5.74) is 7.54. The minimum absolute atomic E-state index is 0.0282. The third kappa shape index (κ3) is 2.87. The number of hydrogen-bond acceptors (Lipinski definition) is 2. The van der Waals surface area contributed by atoms with Crippen LogP contribution >= 0.6 is 0 Å². The van der Waals surface area contributed by atoms with Gasteiger partial charge in [-0.2, -0.15) is 0 Å². The van der Waals surface area contributed by atoms with Crippen LogP contribution in [0, 0.1) is 0 Å². The molecule has 0 aromatic heterocycles. The van der Waals surface area contributed by atoms with Crippen LogP contribution in [0.1, 0.15) is 11.1 Å². The van der Waals surface area contributed by atoms with E-state index in [9.17, 15) is 4.79 Å². The Hall–Kier alpha value is -1.35. The zero-order chi connectivity index (χ0) is 9.68. The van der Waals surface area contributed by atoms with Gasteiger partial charge in [0.05, 0.1) is 6.42 Å². The zero-order valence-electron chi connectivity index (χ0n) is 7.71. The number of rotatable bonds is 3. The third-order valence-electron chi connectivity index (χ3n) is 1.90. The maximum Gasteiger partial charge on any atom is 0.224 e. The summed E-state index contributed by atoms with van der Waals surface area (Å²) in [4.78, 5) is 11.0. The number of carbonyl (C=O) groups excluding carboxylic acids is 1. The van der Waals surface area contributed by atoms with Crippen LogP contribution in [-0.4, -0.2) is 13.0 Å². The molecule has 1 rings (SSSR count). The first-order valence-corrected chi connectivity index (χ1v) is 4.24. The van der Waals surface area contributed by atoms with E-state index in [0.717, 1.165) is 11.1 Å². The van der Waals surface area contributed by atoms with Gasteiger partial charge in [-0.1, -0.05) is 24.3 Å². The Morgan fingerprint density at radius 1 is 1.31 bits per heavy atom. The maximum absolute atomic E-state index is 11.0. The van der Waals surface area contributed by atoms with Gasteiger partial charge in [0.1, 0.15) is 0 Å². The van der Waals surface area contributed by atoms with Gasteiger partial charge in [0.25, 0.3) is 0 Å². The van der Waals surface area contributed by atoms with Crippen molar-refractivity contribution in [3.63, 3.8) is 0 Å². The van der Waals surface area contributed by atoms with Gasteiger partial charge in [-0.05, 0) is 11.1 Å². The van der Waals surface area contributed by atoms with Crippen molar-refractivity contribution in [3.05, 3.63) is 35.4 Å². The van der Waals surface area contributed by atoms with Crippen molar-refractivity contribution in [1.82, 2.24) is 5.32 Å². The minimum Gasteiger partial charge on any atom is -0.359 e. The van der Waals surface area contributed by atoms with E-state index in [1.807, 2.05) is 24.3 Å². The van der Waals surface area contributed by atoms with Crippen molar-refractivity contribution in [1.29, 1.82) is 0 Å². The summed E-state index contributed by atoms with van der Waals surface area (Å²) in [5, 5.41) is 2.58. The molecule has 3 nitrogen and oxygen atoms in total. The fraction of sp³-hybridized carbons (Fsp3) is 0.300. The molecular formula is C10H14N2O. The highest BCUT2D eigenvalue weighted by molar-refractivity contribution is 5.78. The standard InChI is InChI=1S/C10H14N2O/c1-12-10(13)6-8-2-4-9(7-11)5-3-8/h2-5H,6-7,11H2,1H3,(H,12,13). The molecule has 0 aliphatic rings. The number of benzene rings is 1. The van der Waals surface area contributed by atoms with Crippen LogP contribution in [-0.2, 0) is 17.8 Å². The minimum atomic E-state index is 0.0282. The molecule has 1 aromatic carbocycles. The van der Waals surface area contributed by atoms with E-state index in [4.69, 9.17) is 5.73 Å². The van der Waals surface area contributed by atoms with E-state index in [1.54, 1.807) is 7.05 Å². The average Bonchev–Trinajstić information content (AvgIpc) is 2.19. The van der Waals surface area contributed by atoms with E-state index in [-0.39, 0.29) is 5.91 Å². The molecule has 3 N–H and O–H groups in total. The molecule has 0 unspecified atom stereocenters. The van der Waals surface area contributed by atoms with Crippen LogP contribution in [0.15, 0.2) is 24.3 Å². The maximum atomic E-state index is 11.0. The van der Waals surface area contributed by atoms with Crippen LogP contribution < -0.4 is 11.1 Å². The molecule has 0 fully saturated rings. The molecule has 70 valence electrons. The SMILES string of the molecule is CNC(=O)Cc1ccc(CN)cc1. The molecule has 0 radical (unpaired) electrons. The normalized spacial score (nSPS) is 9.69. The Bertz CT molecular complexity index is 279. The van der Waals surface area contributed by atoms with Crippen molar-refractivity contribution >= 4 is 5.91 Å². The van der Waals surface area contributed by atoms with Gasteiger partial charge in [0.2, 0.25) is 5.91 Å². The van der Waals surface area contributed by atoms with Gasteiger partial charge in [-0.3, -0.25) is 4.79 Å². The largest absolute Gasteiger partial charge is 0.359 e. The summed E-state index contributed by atoms with van der Waals surface area (Å²) in [6, 6.07) is 7.74. The molecule has 0 aliphatic heterocycles. The van der Waals surface area contributed by atoms with Gasteiger partial charge >= 0.3 is 0 Å². The lowest BCUT2D eigenvalue weighted by Gasteiger charge is -2.01. The highest BCUT2D eigenvalue weighted by Gasteiger charge is 1.99. The topological polar surface area (TPSA) is 55.1 Å². The summed E-state index contributed by atoms with van der Waals surface area (Å²) in [7, 11) is 1.64. The summed E-state index contributed by atoms with van der Waals surface area (Å²) in [5.74, 6) is 0.0282. The Kier molecular flexibility index (Phi) is 3.46. The van der Waals surface area contributed by atoms with Crippen LogP contribution in [0.25, 0.3) is 0 Å². The second-order valence-electron chi connectivity index (χ2n) is 2.87. The van der Waals surface area contributed by atoms with Crippen molar-refractivity contribution in [3.8, 4) is 0 Å². The molecule has 0 saturated carbocycles. The number of likely N-dealkylation sites (N-methyl/N-ethyl adjacent to an activating group) is 1. The fourth-order valence-corrected chi connectivity index (χ4v) is 1.07. The van der Waals surface area contributed by atoms with Crippen LogP contribution in [0.2, 0.25) is 0 Å². The Labute approximate surface area is 77.9 Å². The van der Waals surface area contributed by atoms with Crippen LogP contribution in [0.5, 0.6) is 0 Å². The second kappa shape index (κ2) is 4.62. The van der Waals surface area contributed by atoms with Crippen molar-refractivity contribution in [2.75, 3.05) is 7.05 Å². The number of nitrogens with two attached hydrogens (primary N) is 1. The number of hydrogen-bond donors (Lipinski definition) is 2. The summed E-state index contributed by atoms with van der Waals surface area (Å²) in [6.07, 6.45) is 0.432. The Balaban J connectivity index is 2.64. The lowest BCUT2D eigenvalue weighted by Crippen LogP contribution is -2.19. The predicted molar refractivity (Wildman–Crippen MR) is 52.1 cm³/mol. The number of nitrogens with one attached hydrogen (secondary N) is 1. The first-order valence-electron chi connectivity index (χ1n) is 4.24. The molecule has 0 heterocycles. The lowest BCUT2D eigenvalue weighted by molar-refractivity contribution is -0.119. The van der Waals surface area contributed by atoms with Gasteiger partial charge in [-0.15, -0.1) is 0 Å². The molecule has 1 amide bonds. The molecule has 0 spiro atoms. The lowest BCUT2D eigenvalue weighted by atomic mass is 10.1. The first-order chi connectivity index (χ1) is 6.26. The smallest absolute Gasteiger partial charge is 0.224 e. The van der Waals surface area contributed by atoms with Crippen LogP contribution in [0.4, 0.5) is 0 Å². The highest BCUT2D eigenvalue weighted by Crippen LogP contribution is 2.04. The zero-order valence-corrected chi connectivity index (χ0v) is 7.71. The van der Waals surface area contributed by atoms with E-state index >= 15 is 0 Å². The molecule has 0 saturated heterocycles. The fourth-order valence-electron chi connectivity index (χ4n) is 1.07. The second-order valence-corrected chi connectivity index (χ2v) is 2.87. The van der Waals surface area contributed by atoms with E-state index in [1.165, 1.54) is 0 Å². The van der Waals surface area contributed by atoms with Gasteiger partial charge in [0.15, 0.2) is 0 Å². The van der Waals surface area contributed by atoms with Crippen molar-refractivity contribution < 1.29 is 4.79 Å². The van der Waals surface area contributed by atoms with E-state index in [0.29, 0.717) is 13.0 Å². The first kappa shape index (κ1) is 9.74. The van der Waals surface area contributed by atoms with Gasteiger partial charge < -0.3 is 11.1 Å². The number of amides is 1. The van der Waals surface area contributed by atoms with Gasteiger partial charge in [0, 0.05) is 13.6 Å². The molecule has 0 aliphatic carbocycles. The quantitative estimate of drug-likeness (QED) is 0.705.